The van der Waals surface area contributed by atoms with E-state index in [0.29, 0.717) is 6.10 Å². The highest BCUT2D eigenvalue weighted by Gasteiger charge is 2.34. The molecule has 1 saturated carbocycles. The first kappa shape index (κ1) is 9.13. The summed E-state index contributed by atoms with van der Waals surface area (Å²) in [6, 6.07) is 0.757. The molecule has 2 saturated heterocycles. The van der Waals surface area contributed by atoms with Crippen LogP contribution in [0.3, 0.4) is 0 Å². The van der Waals surface area contributed by atoms with Gasteiger partial charge in [0.05, 0.1) is 6.10 Å². The molecule has 3 fully saturated rings. The van der Waals surface area contributed by atoms with Crippen molar-refractivity contribution >= 4 is 0 Å². The first-order valence-electron chi connectivity index (χ1n) is 5.98. The molecule has 3 rings (SSSR count). The highest BCUT2D eigenvalue weighted by atomic mass is 16.5. The summed E-state index contributed by atoms with van der Waals surface area (Å²) in [5.41, 5.74) is 0. The number of ether oxygens (including phenoxy) is 1. The maximum atomic E-state index is 5.95. The lowest BCUT2D eigenvalue weighted by Crippen LogP contribution is -2.47. The Hall–Kier alpha value is -0.120. The van der Waals surface area contributed by atoms with Crippen LogP contribution in [0.25, 0.3) is 0 Å². The quantitative estimate of drug-likeness (QED) is 0.709. The maximum Gasteiger partial charge on any atom is 0.0717 e. The zero-order valence-electron chi connectivity index (χ0n) is 8.74. The molecule has 0 aromatic carbocycles. The van der Waals surface area contributed by atoms with Crippen LogP contribution in [0.1, 0.15) is 19.3 Å². The molecule has 2 aliphatic heterocycles. The van der Waals surface area contributed by atoms with Crippen LogP contribution in [0.4, 0.5) is 0 Å². The fourth-order valence-corrected chi connectivity index (χ4v) is 2.59. The molecular weight excluding hydrogens is 176 g/mol. The molecule has 0 amide bonds. The van der Waals surface area contributed by atoms with Crippen LogP contribution in [0.5, 0.6) is 0 Å². The van der Waals surface area contributed by atoms with Gasteiger partial charge >= 0.3 is 0 Å². The third kappa shape index (κ3) is 1.95. The van der Waals surface area contributed by atoms with E-state index < -0.39 is 0 Å². The van der Waals surface area contributed by atoms with Crippen LogP contribution in [0.2, 0.25) is 0 Å². The number of hydrogen-bond donors (Lipinski definition) is 1. The Morgan fingerprint density at radius 3 is 3.07 bits per heavy atom. The molecule has 3 aliphatic rings. The normalized spacial score (nSPS) is 38.6. The van der Waals surface area contributed by atoms with Gasteiger partial charge in [-0.2, -0.15) is 0 Å². The summed E-state index contributed by atoms with van der Waals surface area (Å²) in [5.74, 6) is 0.908. The number of nitrogens with one attached hydrogen (secondary N) is 1. The van der Waals surface area contributed by atoms with Crippen molar-refractivity contribution in [2.75, 3.05) is 32.8 Å². The lowest BCUT2D eigenvalue weighted by Gasteiger charge is -2.29. The van der Waals surface area contributed by atoms with E-state index in [0.717, 1.165) is 25.1 Å². The Bertz CT molecular complexity index is 191. The number of fused-ring (bicyclic) bond motifs is 1. The molecule has 0 radical (unpaired) electrons. The summed E-state index contributed by atoms with van der Waals surface area (Å²) >= 11 is 0. The Morgan fingerprint density at radius 1 is 1.36 bits per heavy atom. The highest BCUT2D eigenvalue weighted by Crippen LogP contribution is 2.30. The first-order chi connectivity index (χ1) is 6.92. The first-order valence-corrected chi connectivity index (χ1v) is 5.98. The van der Waals surface area contributed by atoms with E-state index in [9.17, 15) is 0 Å². The van der Waals surface area contributed by atoms with Crippen molar-refractivity contribution in [3.8, 4) is 0 Å². The van der Waals surface area contributed by atoms with Crippen LogP contribution in [0, 0.1) is 5.92 Å². The van der Waals surface area contributed by atoms with E-state index in [2.05, 4.69) is 10.2 Å². The van der Waals surface area contributed by atoms with E-state index in [4.69, 9.17) is 4.74 Å². The summed E-state index contributed by atoms with van der Waals surface area (Å²) in [6.07, 6.45) is 4.59. The fraction of sp³-hybridized carbons (Fsp3) is 1.00. The predicted molar refractivity (Wildman–Crippen MR) is 55.3 cm³/mol. The van der Waals surface area contributed by atoms with Crippen molar-refractivity contribution in [2.24, 2.45) is 5.92 Å². The molecule has 80 valence electrons. The van der Waals surface area contributed by atoms with Crippen LogP contribution in [0.15, 0.2) is 0 Å². The molecule has 0 aromatic heterocycles. The van der Waals surface area contributed by atoms with Gasteiger partial charge in [-0.15, -0.1) is 0 Å². The minimum atomic E-state index is 0.528. The van der Waals surface area contributed by atoms with E-state index in [1.54, 1.807) is 0 Å². The molecule has 3 nitrogen and oxygen atoms in total. The van der Waals surface area contributed by atoms with Gasteiger partial charge in [0, 0.05) is 38.8 Å². The SMILES string of the molecule is C1CN2C[C@@H](OCC3CC3)C[C@@H]2CN1. The van der Waals surface area contributed by atoms with Gasteiger partial charge in [0.2, 0.25) is 0 Å². The molecule has 3 heteroatoms. The molecule has 1 N–H and O–H groups in total. The lowest BCUT2D eigenvalue weighted by atomic mass is 10.2. The number of hydrogen-bond acceptors (Lipinski definition) is 3. The topological polar surface area (TPSA) is 24.5 Å². The molecule has 2 heterocycles. The number of piperazine rings is 1. The van der Waals surface area contributed by atoms with Crippen LogP contribution < -0.4 is 5.32 Å². The van der Waals surface area contributed by atoms with Crippen molar-refractivity contribution < 1.29 is 4.74 Å². The molecule has 0 unspecified atom stereocenters. The molecule has 0 spiro atoms. The number of rotatable bonds is 3. The summed E-state index contributed by atoms with van der Waals surface area (Å²) in [6.45, 7) is 5.75. The van der Waals surface area contributed by atoms with Crippen molar-refractivity contribution in [3.63, 3.8) is 0 Å². The Labute approximate surface area is 85.8 Å². The van der Waals surface area contributed by atoms with Crippen molar-refractivity contribution in [2.45, 2.75) is 31.4 Å². The van der Waals surface area contributed by atoms with Crippen molar-refractivity contribution in [3.05, 3.63) is 0 Å². The molecule has 1 aliphatic carbocycles. The largest absolute Gasteiger partial charge is 0.377 e. The second kappa shape index (κ2) is 3.80. The van der Waals surface area contributed by atoms with Gasteiger partial charge in [-0.3, -0.25) is 4.90 Å². The summed E-state index contributed by atoms with van der Waals surface area (Å²) in [5, 5.41) is 3.46. The molecular formula is C11H20N2O. The molecule has 0 aromatic rings. The summed E-state index contributed by atoms with van der Waals surface area (Å²) in [4.78, 5) is 2.59. The highest BCUT2D eigenvalue weighted by molar-refractivity contribution is 4.90. The van der Waals surface area contributed by atoms with Crippen LogP contribution in [-0.4, -0.2) is 49.8 Å². The molecule has 2 atom stereocenters. The Balaban J connectivity index is 1.47. The van der Waals surface area contributed by atoms with Gasteiger partial charge < -0.3 is 10.1 Å². The minimum absolute atomic E-state index is 0.528. The van der Waals surface area contributed by atoms with E-state index >= 15 is 0 Å². The average molecular weight is 196 g/mol. The monoisotopic (exact) mass is 196 g/mol. The zero-order valence-corrected chi connectivity index (χ0v) is 8.74. The maximum absolute atomic E-state index is 5.95. The van der Waals surface area contributed by atoms with Gasteiger partial charge in [0.1, 0.15) is 0 Å². The van der Waals surface area contributed by atoms with E-state index in [1.807, 2.05) is 0 Å². The summed E-state index contributed by atoms with van der Waals surface area (Å²) < 4.78 is 5.95. The fourth-order valence-electron chi connectivity index (χ4n) is 2.59. The molecule has 14 heavy (non-hydrogen) atoms. The van der Waals surface area contributed by atoms with Gasteiger partial charge in [-0.25, -0.2) is 0 Å². The van der Waals surface area contributed by atoms with Crippen LogP contribution in [-0.2, 0) is 4.74 Å². The Morgan fingerprint density at radius 2 is 2.29 bits per heavy atom. The van der Waals surface area contributed by atoms with Crippen LogP contribution >= 0.6 is 0 Å². The summed E-state index contributed by atoms with van der Waals surface area (Å²) in [7, 11) is 0. The minimum Gasteiger partial charge on any atom is -0.377 e. The second-order valence-corrected chi connectivity index (χ2v) is 4.99. The average Bonchev–Trinajstić information content (AvgIpc) is 2.94. The van der Waals surface area contributed by atoms with Gasteiger partial charge in [-0.05, 0) is 25.2 Å². The van der Waals surface area contributed by atoms with Crippen molar-refractivity contribution in [1.82, 2.24) is 10.2 Å². The Kier molecular flexibility index (Phi) is 2.48. The van der Waals surface area contributed by atoms with Gasteiger partial charge in [-0.1, -0.05) is 0 Å². The number of nitrogens with zero attached hydrogens (tertiary/aromatic N) is 1. The van der Waals surface area contributed by atoms with Gasteiger partial charge in [0.25, 0.3) is 0 Å². The van der Waals surface area contributed by atoms with Crippen molar-refractivity contribution in [1.29, 1.82) is 0 Å². The lowest BCUT2D eigenvalue weighted by molar-refractivity contribution is 0.0520. The van der Waals surface area contributed by atoms with E-state index in [1.165, 1.54) is 38.9 Å². The molecule has 0 bridgehead atoms. The zero-order chi connectivity index (χ0) is 9.38. The van der Waals surface area contributed by atoms with E-state index in [-0.39, 0.29) is 0 Å². The predicted octanol–water partition coefficient (Wildman–Crippen LogP) is 0.459. The second-order valence-electron chi connectivity index (χ2n) is 4.99. The third-order valence-corrected chi connectivity index (χ3v) is 3.71. The standard InChI is InChI=1S/C11H20N2O/c1-2-9(1)8-14-11-5-10-6-12-3-4-13(10)7-11/h9-12H,1-8H2/t10-,11+/m1/s1. The third-order valence-electron chi connectivity index (χ3n) is 3.71. The van der Waals surface area contributed by atoms with Gasteiger partial charge in [0.15, 0.2) is 0 Å². The smallest absolute Gasteiger partial charge is 0.0717 e.